The Kier molecular flexibility index (Phi) is 76.3. The molecule has 618 valence electrons. The summed E-state index contributed by atoms with van der Waals surface area (Å²) in [5.74, 6) is -2.23. The fraction of sp³-hybridized carbons (Fsp3) is 0.685. The van der Waals surface area contributed by atoms with E-state index in [1.807, 2.05) is 0 Å². The quantitative estimate of drug-likeness (QED) is 0.0169. The van der Waals surface area contributed by atoms with E-state index in [9.17, 15) is 43.2 Å². The zero-order valence-electron chi connectivity index (χ0n) is 67.7. The Morgan fingerprint density at radius 2 is 0.481 bits per heavy atom. The Morgan fingerprint density at radius 1 is 0.269 bits per heavy atom. The number of phosphoric acid groups is 2. The third kappa shape index (κ3) is 79.0. The van der Waals surface area contributed by atoms with Crippen LogP contribution >= 0.6 is 15.6 Å². The summed E-state index contributed by atoms with van der Waals surface area (Å²) in [4.78, 5) is 73.2. The van der Waals surface area contributed by atoms with Gasteiger partial charge in [-0.2, -0.15) is 0 Å². The average Bonchev–Trinajstić information content (AvgIpc) is 0.896. The minimum atomic E-state index is -5.00. The predicted molar refractivity (Wildman–Crippen MR) is 445 cm³/mol. The molecular formula is C89H150O17P2. The van der Waals surface area contributed by atoms with Crippen molar-refractivity contribution in [1.82, 2.24) is 0 Å². The lowest BCUT2D eigenvalue weighted by Crippen LogP contribution is -2.30. The van der Waals surface area contributed by atoms with Crippen molar-refractivity contribution in [1.29, 1.82) is 0 Å². The summed E-state index contributed by atoms with van der Waals surface area (Å²) in [6.45, 7) is 4.50. The third-order valence-electron chi connectivity index (χ3n) is 17.3. The van der Waals surface area contributed by atoms with Crippen LogP contribution in [-0.4, -0.2) is 96.7 Å². The van der Waals surface area contributed by atoms with Crippen LogP contribution in [0.4, 0.5) is 0 Å². The molecular weight excluding hydrogens is 1400 g/mol. The van der Waals surface area contributed by atoms with E-state index in [1.54, 1.807) is 0 Å². The van der Waals surface area contributed by atoms with Gasteiger partial charge in [-0.1, -0.05) is 296 Å². The molecule has 0 aromatic carbocycles. The van der Waals surface area contributed by atoms with Gasteiger partial charge in [-0.3, -0.25) is 37.3 Å². The lowest BCUT2D eigenvalue weighted by molar-refractivity contribution is -0.161. The van der Waals surface area contributed by atoms with E-state index in [1.165, 1.54) is 38.5 Å². The van der Waals surface area contributed by atoms with Gasteiger partial charge in [-0.05, 0) is 161 Å². The van der Waals surface area contributed by atoms with E-state index in [0.717, 1.165) is 218 Å². The van der Waals surface area contributed by atoms with E-state index < -0.39 is 97.5 Å². The topological polar surface area (TPSA) is 237 Å². The molecule has 0 aromatic heterocycles. The smallest absolute Gasteiger partial charge is 0.462 e. The summed E-state index contributed by atoms with van der Waals surface area (Å²) < 4.78 is 68.8. The minimum absolute atomic E-state index is 0.0709. The highest BCUT2D eigenvalue weighted by atomic mass is 31.2. The van der Waals surface area contributed by atoms with Crippen LogP contribution < -0.4 is 0 Å². The Morgan fingerprint density at radius 3 is 0.750 bits per heavy atom. The molecule has 0 heterocycles. The first kappa shape index (κ1) is 103. The number of hydrogen-bond donors (Lipinski definition) is 3. The van der Waals surface area contributed by atoms with Gasteiger partial charge in [-0.15, -0.1) is 0 Å². The second kappa shape index (κ2) is 80.0. The Labute approximate surface area is 656 Å². The number of carbonyl (C=O) groups is 4. The number of allylic oxidation sites excluding steroid dienone is 24. The molecule has 0 bridgehead atoms. The Balaban J connectivity index is 5.42. The van der Waals surface area contributed by atoms with Crippen LogP contribution in [-0.2, 0) is 65.4 Å². The van der Waals surface area contributed by atoms with Gasteiger partial charge in [0, 0.05) is 25.7 Å². The van der Waals surface area contributed by atoms with E-state index in [2.05, 4.69) is 174 Å². The van der Waals surface area contributed by atoms with Gasteiger partial charge in [0.25, 0.3) is 0 Å². The number of unbranched alkanes of at least 4 members (excludes halogenated alkanes) is 28. The van der Waals surface area contributed by atoms with Gasteiger partial charge < -0.3 is 33.8 Å². The average molecular weight is 1550 g/mol. The van der Waals surface area contributed by atoms with E-state index >= 15 is 0 Å². The molecule has 0 amide bonds. The Bertz CT molecular complexity index is 2610. The van der Waals surface area contributed by atoms with Crippen molar-refractivity contribution >= 4 is 39.5 Å². The molecule has 3 N–H and O–H groups in total. The first-order valence-corrected chi connectivity index (χ1v) is 45.1. The maximum absolute atomic E-state index is 13.1. The van der Waals surface area contributed by atoms with Gasteiger partial charge in [0.15, 0.2) is 12.2 Å². The zero-order valence-corrected chi connectivity index (χ0v) is 69.5. The van der Waals surface area contributed by atoms with Crippen molar-refractivity contribution in [3.63, 3.8) is 0 Å². The van der Waals surface area contributed by atoms with Gasteiger partial charge in [0.1, 0.15) is 19.3 Å². The second-order valence-electron chi connectivity index (χ2n) is 27.6. The molecule has 17 nitrogen and oxygen atoms in total. The molecule has 0 fully saturated rings. The lowest BCUT2D eigenvalue weighted by atomic mass is 10.1. The molecule has 0 saturated heterocycles. The number of phosphoric ester groups is 2. The van der Waals surface area contributed by atoms with E-state index in [-0.39, 0.29) is 25.7 Å². The van der Waals surface area contributed by atoms with Gasteiger partial charge in [0.05, 0.1) is 26.4 Å². The molecule has 0 radical (unpaired) electrons. The molecule has 0 aromatic rings. The summed E-state index contributed by atoms with van der Waals surface area (Å²) in [5, 5.41) is 10.7. The molecule has 0 aliphatic rings. The van der Waals surface area contributed by atoms with Crippen LogP contribution in [0.2, 0.25) is 0 Å². The van der Waals surface area contributed by atoms with Crippen LogP contribution in [0, 0.1) is 0 Å². The summed E-state index contributed by atoms with van der Waals surface area (Å²) in [6, 6.07) is 0. The summed E-state index contributed by atoms with van der Waals surface area (Å²) >= 11 is 0. The van der Waals surface area contributed by atoms with E-state index in [0.29, 0.717) is 25.7 Å². The van der Waals surface area contributed by atoms with Gasteiger partial charge in [0.2, 0.25) is 0 Å². The highest BCUT2D eigenvalue weighted by Crippen LogP contribution is 2.45. The molecule has 0 aliphatic heterocycles. The van der Waals surface area contributed by atoms with Crippen molar-refractivity contribution in [2.45, 2.75) is 354 Å². The predicted octanol–water partition coefficient (Wildman–Crippen LogP) is 25.0. The lowest BCUT2D eigenvalue weighted by Gasteiger charge is -2.21. The largest absolute Gasteiger partial charge is 0.472 e. The summed E-state index contributed by atoms with van der Waals surface area (Å²) in [7, 11) is -9.99. The number of hydrogen-bond acceptors (Lipinski definition) is 15. The van der Waals surface area contributed by atoms with Crippen LogP contribution in [0.15, 0.2) is 146 Å². The monoisotopic (exact) mass is 1550 g/mol. The first-order valence-electron chi connectivity index (χ1n) is 42.1. The zero-order chi connectivity index (χ0) is 78.9. The van der Waals surface area contributed by atoms with Crippen molar-refractivity contribution < 1.29 is 80.2 Å². The molecule has 5 atom stereocenters. The van der Waals surface area contributed by atoms with Crippen LogP contribution in [0.5, 0.6) is 0 Å². The third-order valence-corrected chi connectivity index (χ3v) is 19.2. The van der Waals surface area contributed by atoms with Crippen LogP contribution in [0.25, 0.3) is 0 Å². The number of aliphatic hydroxyl groups is 1. The van der Waals surface area contributed by atoms with Crippen LogP contribution in [0.1, 0.15) is 336 Å². The van der Waals surface area contributed by atoms with Crippen molar-refractivity contribution in [3.8, 4) is 0 Å². The number of aliphatic hydroxyl groups excluding tert-OH is 1. The molecule has 108 heavy (non-hydrogen) atoms. The molecule has 0 saturated carbocycles. The normalized spacial score (nSPS) is 14.5. The molecule has 0 spiro atoms. The Hall–Kier alpha value is -5.06. The SMILES string of the molecule is CC/C=C\C/C=C\C/C=C\C/C=C\CCCCCCCCC(=O)OCC(COP(=O)(O)OCC(O)COP(=O)(O)OCC(COC(=O)CCCCCCC/C=C\C/C=C\C/C=C\CC)OC(=O)CCCCCCC/C=C\CCCCCCCC)OC(=O)CCCCCCCC/C=C\C/C=C\C/C=C\C/C=C\CC. The minimum Gasteiger partial charge on any atom is -0.462 e. The number of ether oxygens (including phenoxy) is 4. The molecule has 0 rings (SSSR count). The van der Waals surface area contributed by atoms with Crippen molar-refractivity contribution in [2.75, 3.05) is 39.6 Å². The van der Waals surface area contributed by atoms with Gasteiger partial charge >= 0.3 is 39.5 Å². The first-order chi connectivity index (χ1) is 52.7. The maximum Gasteiger partial charge on any atom is 0.472 e. The molecule has 5 unspecified atom stereocenters. The number of rotatable bonds is 78. The molecule has 19 heteroatoms. The summed E-state index contributed by atoms with van der Waals surface area (Å²) in [6.07, 6.45) is 92.3. The fourth-order valence-corrected chi connectivity index (χ4v) is 12.6. The van der Waals surface area contributed by atoms with Crippen molar-refractivity contribution in [2.24, 2.45) is 0 Å². The van der Waals surface area contributed by atoms with E-state index in [4.69, 9.17) is 37.0 Å². The summed E-state index contributed by atoms with van der Waals surface area (Å²) in [5.41, 5.74) is 0. The second-order valence-corrected chi connectivity index (χ2v) is 30.5. The van der Waals surface area contributed by atoms with Crippen molar-refractivity contribution in [3.05, 3.63) is 146 Å². The standard InChI is InChI=1S/C89H150O17P2/c1-5-9-13-17-21-25-29-33-37-39-41-43-47-50-54-58-62-66-70-74-87(92)100-80-85(106-89(94)76-72-68-64-60-56-52-48-44-42-40-38-34-30-26-22-18-14-10-6-2)82-104-108(97,98)102-78-83(90)77-101-107(95,96)103-81-84(105-88(93)75-71-67-63-59-55-51-46-36-32-28-24-20-16-12-8-4)79-99-86(91)73-69-65-61-57-53-49-45-35-31-27-23-19-15-11-7-3/h9-11,13-15,21-23,25-27,33-38,41-46,83-85,90H,5-8,12,16-20,24,28-32,39-40,47-82H2,1-4H3,(H,95,96)(H,97,98)/b13-9-,14-10-,15-11-,25-21-,26-22-,27-23-,37-33-,38-34-,43-41-,44-42-,45-35-,46-36-. The maximum atomic E-state index is 13.1. The van der Waals surface area contributed by atoms with Crippen LogP contribution in [0.3, 0.4) is 0 Å². The number of carbonyl (C=O) groups excluding carboxylic acids is 4. The fourth-order valence-electron chi connectivity index (χ4n) is 11.0. The molecule has 0 aliphatic carbocycles. The highest BCUT2D eigenvalue weighted by molar-refractivity contribution is 7.47. The van der Waals surface area contributed by atoms with Gasteiger partial charge in [-0.25, -0.2) is 9.13 Å². The highest BCUT2D eigenvalue weighted by Gasteiger charge is 2.30. The number of esters is 4.